The number of carbonyl (C=O) groups excluding carboxylic acids is 1. The molecule has 1 aliphatic rings. The topological polar surface area (TPSA) is 26.3 Å². The third-order valence-corrected chi connectivity index (χ3v) is 4.58. The first kappa shape index (κ1) is 20.2. The van der Waals surface area contributed by atoms with E-state index in [-0.39, 0.29) is 18.2 Å². The first-order valence-corrected chi connectivity index (χ1v) is 8.65. The molecule has 26 heavy (non-hydrogen) atoms. The maximum absolute atomic E-state index is 12.6. The fourth-order valence-electron chi connectivity index (χ4n) is 3.18. The van der Waals surface area contributed by atoms with Crippen LogP contribution in [0.25, 0.3) is 11.1 Å². The minimum Gasteiger partial charge on any atom is -1.00 e. The van der Waals surface area contributed by atoms with Crippen molar-refractivity contribution in [3.63, 3.8) is 0 Å². The van der Waals surface area contributed by atoms with Crippen molar-refractivity contribution in [1.29, 1.82) is 0 Å². The van der Waals surface area contributed by atoms with Crippen LogP contribution in [0.1, 0.15) is 28.4 Å². The molecule has 0 N–H and O–H groups in total. The van der Waals surface area contributed by atoms with E-state index in [4.69, 9.17) is 4.74 Å². The summed E-state index contributed by atoms with van der Waals surface area (Å²) in [5, 5.41) is 0. The van der Waals surface area contributed by atoms with Gasteiger partial charge < -0.3 is 21.6 Å². The number of hydrogen-bond donors (Lipinski definition) is 0. The number of rotatable bonds is 6. The Balaban J connectivity index is 0.00000243. The van der Waals surface area contributed by atoms with Gasteiger partial charge in [-0.15, -0.1) is 0 Å². The van der Waals surface area contributed by atoms with Crippen LogP contribution in [0.2, 0.25) is 0 Å². The molecule has 0 aliphatic heterocycles. The van der Waals surface area contributed by atoms with Gasteiger partial charge in [0.25, 0.3) is 0 Å². The summed E-state index contributed by atoms with van der Waals surface area (Å²) in [5.74, 6) is 0.689. The summed E-state index contributed by atoms with van der Waals surface area (Å²) in [4.78, 5) is 12.6. The summed E-state index contributed by atoms with van der Waals surface area (Å²) in [5.41, 5.74) is 5.98. The van der Waals surface area contributed by atoms with Crippen LogP contribution in [0.3, 0.4) is 0 Å². The number of allylic oxidation sites excluding steroid dienone is 1. The molecule has 0 amide bonds. The molecule has 0 bridgehead atoms. The van der Waals surface area contributed by atoms with Gasteiger partial charge in [-0.05, 0) is 35.3 Å². The number of Topliss-reactive ketones (excluding diaryl/α,β-unsaturated/α-hetero) is 1. The number of nitrogens with zero attached hydrogens (tertiary/aromatic N) is 1. The van der Waals surface area contributed by atoms with Crippen LogP contribution in [-0.2, 0) is 6.42 Å². The summed E-state index contributed by atoms with van der Waals surface area (Å²) in [6, 6.07) is 12.3. The van der Waals surface area contributed by atoms with Crippen molar-refractivity contribution in [2.45, 2.75) is 13.3 Å². The third-order valence-electron chi connectivity index (χ3n) is 4.58. The van der Waals surface area contributed by atoms with Crippen molar-refractivity contribution < 1.29 is 26.4 Å². The maximum atomic E-state index is 12.6. The average molecular weight is 372 g/mol. The summed E-state index contributed by atoms with van der Waals surface area (Å²) < 4.78 is 7.00. The summed E-state index contributed by atoms with van der Waals surface area (Å²) in [6.45, 7) is 7.02. The molecular weight excluding hydrogens is 346 g/mol. The zero-order valence-corrected chi connectivity index (χ0v) is 16.7. The van der Waals surface area contributed by atoms with E-state index in [9.17, 15) is 4.79 Å². The van der Waals surface area contributed by atoms with Crippen LogP contribution >= 0.6 is 0 Å². The number of hydrogen-bond acceptors (Lipinski definition) is 2. The fourth-order valence-corrected chi connectivity index (χ4v) is 3.18. The highest BCUT2D eigenvalue weighted by Gasteiger charge is 2.26. The Morgan fingerprint density at radius 3 is 2.46 bits per heavy atom. The molecule has 2 aromatic carbocycles. The molecular formula is C22H26ClNO2. The predicted octanol–water partition coefficient (Wildman–Crippen LogP) is 1.11. The average Bonchev–Trinajstić information content (AvgIpc) is 2.92. The van der Waals surface area contributed by atoms with E-state index in [2.05, 4.69) is 52.0 Å². The van der Waals surface area contributed by atoms with Gasteiger partial charge >= 0.3 is 0 Å². The molecule has 1 aliphatic carbocycles. The first-order chi connectivity index (χ1) is 11.8. The van der Waals surface area contributed by atoms with Crippen molar-refractivity contribution in [2.75, 3.05) is 34.3 Å². The quantitative estimate of drug-likeness (QED) is 0.368. The Morgan fingerprint density at radius 1 is 1.12 bits per heavy atom. The van der Waals surface area contributed by atoms with Gasteiger partial charge in [0.2, 0.25) is 0 Å². The predicted molar refractivity (Wildman–Crippen MR) is 102 cm³/mol. The molecule has 138 valence electrons. The van der Waals surface area contributed by atoms with Crippen LogP contribution in [0.5, 0.6) is 5.75 Å². The van der Waals surface area contributed by atoms with E-state index in [0.29, 0.717) is 17.7 Å². The molecule has 3 rings (SSSR count). The van der Waals surface area contributed by atoms with Gasteiger partial charge in [0.05, 0.1) is 26.7 Å². The third kappa shape index (κ3) is 4.00. The molecule has 0 saturated carbocycles. The highest BCUT2D eigenvalue weighted by atomic mass is 35.5. The molecule has 0 radical (unpaired) electrons. The zero-order valence-electron chi connectivity index (χ0n) is 15.9. The molecule has 2 aromatic rings. The van der Waals surface area contributed by atoms with E-state index in [1.807, 2.05) is 12.1 Å². The van der Waals surface area contributed by atoms with Gasteiger partial charge in [0, 0.05) is 12.0 Å². The van der Waals surface area contributed by atoms with Crippen LogP contribution < -0.4 is 17.1 Å². The molecule has 0 fully saturated rings. The Kier molecular flexibility index (Phi) is 5.94. The van der Waals surface area contributed by atoms with E-state index in [0.717, 1.165) is 28.8 Å². The van der Waals surface area contributed by atoms with Crippen LogP contribution in [0.4, 0.5) is 0 Å². The normalized spacial score (nSPS) is 12.0. The largest absolute Gasteiger partial charge is 1.00 e. The number of carbonyl (C=O) groups is 1. The molecule has 0 aromatic heterocycles. The number of ketones is 1. The lowest BCUT2D eigenvalue weighted by Crippen LogP contribution is -3.00. The molecule has 4 heteroatoms. The molecule has 0 atom stereocenters. The van der Waals surface area contributed by atoms with Gasteiger partial charge in [-0.2, -0.15) is 0 Å². The molecule has 0 spiro atoms. The fraction of sp³-hybridized carbons (Fsp3) is 0.318. The van der Waals surface area contributed by atoms with E-state index in [1.165, 1.54) is 16.7 Å². The standard InChI is InChI=1S/C22H26NO2.ClH/c1-15(2)21(24)19-11-10-18-17-9-7-6-8-16(17)14-20(18)22(19)25-13-12-23(3,4)5;/h6-11H,1,12-14H2,2-5H3;1H/q+1;/p-1. The van der Waals surface area contributed by atoms with E-state index >= 15 is 0 Å². The lowest BCUT2D eigenvalue weighted by molar-refractivity contribution is -0.870. The number of quaternary nitrogens is 1. The Morgan fingerprint density at radius 2 is 1.81 bits per heavy atom. The minimum absolute atomic E-state index is 0. The number of likely N-dealkylation sites (N-methyl/N-ethyl adjacent to an activating group) is 1. The number of halogens is 1. The lowest BCUT2D eigenvalue weighted by Gasteiger charge is -2.24. The van der Waals surface area contributed by atoms with Crippen LogP contribution in [-0.4, -0.2) is 44.6 Å². The Hall–Kier alpha value is -2.10. The van der Waals surface area contributed by atoms with Gasteiger partial charge in [-0.3, -0.25) is 4.79 Å². The molecule has 0 unspecified atom stereocenters. The highest BCUT2D eigenvalue weighted by molar-refractivity contribution is 6.10. The van der Waals surface area contributed by atoms with Crippen LogP contribution in [0, 0.1) is 0 Å². The number of fused-ring (bicyclic) bond motifs is 3. The van der Waals surface area contributed by atoms with Crippen molar-refractivity contribution >= 4 is 5.78 Å². The lowest BCUT2D eigenvalue weighted by atomic mass is 9.97. The van der Waals surface area contributed by atoms with Crippen molar-refractivity contribution in [3.8, 4) is 16.9 Å². The van der Waals surface area contributed by atoms with Crippen LogP contribution in [0.15, 0.2) is 48.6 Å². The second kappa shape index (κ2) is 7.65. The van der Waals surface area contributed by atoms with Crippen molar-refractivity contribution in [2.24, 2.45) is 0 Å². The minimum atomic E-state index is -0.0426. The second-order valence-electron chi connectivity index (χ2n) is 7.77. The SMILES string of the molecule is C=C(C)C(=O)c1ccc2c(c1OCC[N+](C)(C)C)Cc1ccccc1-2.[Cl-]. The number of ether oxygens (including phenoxy) is 1. The van der Waals surface area contributed by atoms with Gasteiger partial charge in [0.15, 0.2) is 5.78 Å². The molecule has 0 saturated heterocycles. The molecule has 3 nitrogen and oxygen atoms in total. The van der Waals surface area contributed by atoms with Crippen molar-refractivity contribution in [1.82, 2.24) is 0 Å². The Labute approximate surface area is 162 Å². The van der Waals surface area contributed by atoms with Gasteiger partial charge in [0.1, 0.15) is 18.9 Å². The molecule has 0 heterocycles. The summed E-state index contributed by atoms with van der Waals surface area (Å²) in [7, 11) is 6.40. The first-order valence-electron chi connectivity index (χ1n) is 8.65. The van der Waals surface area contributed by atoms with E-state index in [1.54, 1.807) is 6.92 Å². The van der Waals surface area contributed by atoms with E-state index < -0.39 is 0 Å². The highest BCUT2D eigenvalue weighted by Crippen LogP contribution is 2.43. The Bertz CT molecular complexity index is 850. The maximum Gasteiger partial charge on any atom is 0.191 e. The van der Waals surface area contributed by atoms with Gasteiger partial charge in [-0.25, -0.2) is 0 Å². The van der Waals surface area contributed by atoms with Gasteiger partial charge in [-0.1, -0.05) is 36.9 Å². The van der Waals surface area contributed by atoms with Crippen molar-refractivity contribution in [3.05, 3.63) is 65.2 Å². The second-order valence-corrected chi connectivity index (χ2v) is 7.77. The summed E-state index contributed by atoms with van der Waals surface area (Å²) in [6.07, 6.45) is 0.808. The smallest absolute Gasteiger partial charge is 0.191 e. The summed E-state index contributed by atoms with van der Waals surface area (Å²) >= 11 is 0. The number of benzene rings is 2. The monoisotopic (exact) mass is 371 g/mol. The zero-order chi connectivity index (χ0) is 18.2.